The van der Waals surface area contributed by atoms with E-state index in [0.29, 0.717) is 6.04 Å². The van der Waals surface area contributed by atoms with Crippen LogP contribution in [0.15, 0.2) is 24.3 Å². The summed E-state index contributed by atoms with van der Waals surface area (Å²) < 4.78 is 0. The van der Waals surface area contributed by atoms with Gasteiger partial charge in [0.2, 0.25) is 0 Å². The molecule has 2 N–H and O–H groups in total. The third kappa shape index (κ3) is 4.45. The second-order valence-electron chi connectivity index (χ2n) is 4.34. The molecule has 0 bridgehead atoms. The van der Waals surface area contributed by atoms with Crippen molar-refractivity contribution in [3.63, 3.8) is 0 Å². The Labute approximate surface area is 92.3 Å². The van der Waals surface area contributed by atoms with Crippen LogP contribution in [-0.4, -0.2) is 23.8 Å². The summed E-state index contributed by atoms with van der Waals surface area (Å²) in [6.07, 6.45) is 1.00. The predicted octanol–water partition coefficient (Wildman–Crippen LogP) is 1.90. The van der Waals surface area contributed by atoms with Crippen LogP contribution in [-0.2, 0) is 6.42 Å². The van der Waals surface area contributed by atoms with Crippen molar-refractivity contribution >= 4 is 0 Å². The molecule has 2 heteroatoms. The van der Waals surface area contributed by atoms with Crippen molar-refractivity contribution < 1.29 is 5.11 Å². The Morgan fingerprint density at radius 2 is 1.73 bits per heavy atom. The summed E-state index contributed by atoms with van der Waals surface area (Å²) in [5.41, 5.74) is 2.63. The van der Waals surface area contributed by atoms with Crippen LogP contribution in [0.5, 0.6) is 0 Å². The highest BCUT2D eigenvalue weighted by atomic mass is 16.3. The molecule has 2 atom stereocenters. The molecule has 0 saturated heterocycles. The first-order valence-electron chi connectivity index (χ1n) is 5.54. The predicted molar refractivity (Wildman–Crippen MR) is 64.0 cm³/mol. The maximum Gasteiger partial charge on any atom is 0.0582 e. The van der Waals surface area contributed by atoms with Crippen LogP contribution in [0.4, 0.5) is 0 Å². The molecule has 0 aliphatic carbocycles. The van der Waals surface area contributed by atoms with Gasteiger partial charge in [0, 0.05) is 12.1 Å². The van der Waals surface area contributed by atoms with Gasteiger partial charge in [0.15, 0.2) is 0 Å². The van der Waals surface area contributed by atoms with E-state index in [0.717, 1.165) is 6.42 Å². The molecule has 0 aromatic heterocycles. The van der Waals surface area contributed by atoms with Gasteiger partial charge in [0.25, 0.3) is 0 Å². The lowest BCUT2D eigenvalue weighted by Crippen LogP contribution is -2.37. The molecule has 1 unspecified atom stereocenters. The van der Waals surface area contributed by atoms with Crippen LogP contribution in [0.3, 0.4) is 0 Å². The van der Waals surface area contributed by atoms with E-state index in [4.69, 9.17) is 5.11 Å². The Morgan fingerprint density at radius 1 is 1.13 bits per heavy atom. The van der Waals surface area contributed by atoms with Gasteiger partial charge in [-0.25, -0.2) is 0 Å². The summed E-state index contributed by atoms with van der Waals surface area (Å²) >= 11 is 0. The van der Waals surface area contributed by atoms with Crippen molar-refractivity contribution in [3.05, 3.63) is 35.4 Å². The van der Waals surface area contributed by atoms with Gasteiger partial charge in [-0.15, -0.1) is 0 Å². The molecule has 0 spiro atoms. The maximum atomic E-state index is 8.92. The molecule has 15 heavy (non-hydrogen) atoms. The quantitative estimate of drug-likeness (QED) is 0.773. The molecule has 0 aliphatic heterocycles. The fraction of sp³-hybridized carbons (Fsp3) is 0.538. The molecule has 0 fully saturated rings. The molecular formula is C13H21NO. The van der Waals surface area contributed by atoms with Crippen LogP contribution in [0, 0.1) is 6.92 Å². The van der Waals surface area contributed by atoms with Crippen molar-refractivity contribution in [1.82, 2.24) is 5.32 Å². The van der Waals surface area contributed by atoms with Gasteiger partial charge in [-0.3, -0.25) is 0 Å². The SMILES string of the molecule is Cc1ccc(CC(C)N[C@H](C)CO)cc1. The zero-order chi connectivity index (χ0) is 11.3. The van der Waals surface area contributed by atoms with E-state index in [1.165, 1.54) is 11.1 Å². The van der Waals surface area contributed by atoms with Gasteiger partial charge < -0.3 is 10.4 Å². The molecule has 84 valence electrons. The molecular weight excluding hydrogens is 186 g/mol. The molecule has 0 amide bonds. The number of aliphatic hydroxyl groups is 1. The summed E-state index contributed by atoms with van der Waals surface area (Å²) in [5.74, 6) is 0. The first-order valence-corrected chi connectivity index (χ1v) is 5.54. The number of hydrogen-bond acceptors (Lipinski definition) is 2. The molecule has 0 saturated carbocycles. The Hall–Kier alpha value is -0.860. The lowest BCUT2D eigenvalue weighted by Gasteiger charge is -2.18. The van der Waals surface area contributed by atoms with Crippen LogP contribution < -0.4 is 5.32 Å². The third-order valence-electron chi connectivity index (χ3n) is 2.51. The highest BCUT2D eigenvalue weighted by molar-refractivity contribution is 5.21. The Bertz CT molecular complexity index is 281. The van der Waals surface area contributed by atoms with Gasteiger partial charge in [0.05, 0.1) is 6.61 Å². The summed E-state index contributed by atoms with van der Waals surface area (Å²) in [6, 6.07) is 9.17. The first-order chi connectivity index (χ1) is 7.11. The minimum absolute atomic E-state index is 0.172. The van der Waals surface area contributed by atoms with Crippen molar-refractivity contribution in [2.75, 3.05) is 6.61 Å². The molecule has 0 radical (unpaired) electrons. The van der Waals surface area contributed by atoms with Crippen molar-refractivity contribution in [2.45, 2.75) is 39.3 Å². The zero-order valence-electron chi connectivity index (χ0n) is 9.83. The monoisotopic (exact) mass is 207 g/mol. The molecule has 2 nitrogen and oxygen atoms in total. The van der Waals surface area contributed by atoms with Gasteiger partial charge in [-0.1, -0.05) is 29.8 Å². The van der Waals surface area contributed by atoms with Gasteiger partial charge in [0.1, 0.15) is 0 Å². The van der Waals surface area contributed by atoms with Crippen LogP contribution in [0.1, 0.15) is 25.0 Å². The molecule has 1 rings (SSSR count). The second kappa shape index (κ2) is 5.89. The fourth-order valence-corrected chi connectivity index (χ4v) is 1.68. The number of aryl methyl sites for hydroxylation is 1. The lowest BCUT2D eigenvalue weighted by atomic mass is 10.1. The van der Waals surface area contributed by atoms with E-state index in [9.17, 15) is 0 Å². The van der Waals surface area contributed by atoms with E-state index in [2.05, 4.69) is 43.4 Å². The van der Waals surface area contributed by atoms with E-state index in [-0.39, 0.29) is 12.6 Å². The van der Waals surface area contributed by atoms with Gasteiger partial charge in [-0.05, 0) is 32.8 Å². The van der Waals surface area contributed by atoms with Crippen LogP contribution >= 0.6 is 0 Å². The normalized spacial score (nSPS) is 14.9. The van der Waals surface area contributed by atoms with Crippen LogP contribution in [0.25, 0.3) is 0 Å². The summed E-state index contributed by atoms with van der Waals surface area (Å²) in [6.45, 7) is 6.43. The third-order valence-corrected chi connectivity index (χ3v) is 2.51. The number of aliphatic hydroxyl groups excluding tert-OH is 1. The number of benzene rings is 1. The fourth-order valence-electron chi connectivity index (χ4n) is 1.68. The average Bonchev–Trinajstić information content (AvgIpc) is 2.21. The number of hydrogen-bond donors (Lipinski definition) is 2. The standard InChI is InChI=1S/C13H21NO/c1-10-4-6-13(7-5-10)8-11(2)14-12(3)9-15/h4-7,11-12,14-15H,8-9H2,1-3H3/t11?,12-/m1/s1. The Kier molecular flexibility index (Phi) is 4.79. The number of rotatable bonds is 5. The molecule has 1 aromatic carbocycles. The van der Waals surface area contributed by atoms with E-state index in [1.807, 2.05) is 6.92 Å². The summed E-state index contributed by atoms with van der Waals surface area (Å²) in [7, 11) is 0. The smallest absolute Gasteiger partial charge is 0.0582 e. The summed E-state index contributed by atoms with van der Waals surface area (Å²) in [5, 5.41) is 12.3. The van der Waals surface area contributed by atoms with Crippen molar-refractivity contribution in [3.8, 4) is 0 Å². The van der Waals surface area contributed by atoms with E-state index < -0.39 is 0 Å². The van der Waals surface area contributed by atoms with Crippen LogP contribution in [0.2, 0.25) is 0 Å². The largest absolute Gasteiger partial charge is 0.395 e. The average molecular weight is 207 g/mol. The van der Waals surface area contributed by atoms with Crippen molar-refractivity contribution in [2.24, 2.45) is 0 Å². The number of nitrogens with one attached hydrogen (secondary N) is 1. The van der Waals surface area contributed by atoms with Gasteiger partial charge >= 0.3 is 0 Å². The zero-order valence-corrected chi connectivity index (χ0v) is 9.83. The first kappa shape index (κ1) is 12.2. The molecule has 0 aliphatic rings. The Morgan fingerprint density at radius 3 is 2.27 bits per heavy atom. The molecule has 1 aromatic rings. The highest BCUT2D eigenvalue weighted by Crippen LogP contribution is 2.06. The minimum Gasteiger partial charge on any atom is -0.395 e. The maximum absolute atomic E-state index is 8.92. The molecule has 0 heterocycles. The van der Waals surface area contributed by atoms with E-state index in [1.54, 1.807) is 0 Å². The highest BCUT2D eigenvalue weighted by Gasteiger charge is 2.06. The minimum atomic E-state index is 0.172. The summed E-state index contributed by atoms with van der Waals surface area (Å²) in [4.78, 5) is 0. The lowest BCUT2D eigenvalue weighted by molar-refractivity contribution is 0.242. The topological polar surface area (TPSA) is 32.3 Å². The second-order valence-corrected chi connectivity index (χ2v) is 4.34. The Balaban J connectivity index is 2.44. The van der Waals surface area contributed by atoms with Gasteiger partial charge in [-0.2, -0.15) is 0 Å². The van der Waals surface area contributed by atoms with Crippen molar-refractivity contribution in [1.29, 1.82) is 0 Å². The van der Waals surface area contributed by atoms with E-state index >= 15 is 0 Å².